The molecule has 3 rings (SSSR count). The lowest BCUT2D eigenvalue weighted by Crippen LogP contribution is -2.47. The van der Waals surface area contributed by atoms with Gasteiger partial charge in [-0.05, 0) is 30.2 Å². The summed E-state index contributed by atoms with van der Waals surface area (Å²) in [4.78, 5) is 26.5. The van der Waals surface area contributed by atoms with E-state index in [9.17, 15) is 14.7 Å². The van der Waals surface area contributed by atoms with E-state index in [0.717, 1.165) is 5.56 Å². The first-order valence-corrected chi connectivity index (χ1v) is 10.6. The number of hydrogen-bond donors (Lipinski definition) is 2. The minimum atomic E-state index is -0.590. The highest BCUT2D eigenvalue weighted by atomic mass is 35.5. The molecule has 0 bridgehead atoms. The summed E-state index contributed by atoms with van der Waals surface area (Å²) in [6, 6.07) is 11.5. The van der Waals surface area contributed by atoms with Crippen molar-refractivity contribution in [3.63, 3.8) is 0 Å². The molecule has 2 aromatic rings. The number of para-hydroxylation sites is 1. The number of nitrogens with one attached hydrogen (secondary N) is 1. The molecular formula is C20H20Cl2N2O3S. The Bertz CT molecular complexity index is 894. The van der Waals surface area contributed by atoms with E-state index in [4.69, 9.17) is 23.2 Å². The maximum absolute atomic E-state index is 12.7. The second-order valence-electron chi connectivity index (χ2n) is 6.46. The minimum Gasteiger partial charge on any atom is -0.508 e. The largest absolute Gasteiger partial charge is 0.508 e. The molecule has 5 nitrogen and oxygen atoms in total. The van der Waals surface area contributed by atoms with Crippen LogP contribution in [-0.2, 0) is 16.0 Å². The van der Waals surface area contributed by atoms with Gasteiger partial charge < -0.3 is 15.3 Å². The molecule has 2 N–H and O–H groups in total. The molecule has 1 saturated heterocycles. The molecule has 148 valence electrons. The smallest absolute Gasteiger partial charge is 0.243 e. The predicted molar refractivity (Wildman–Crippen MR) is 113 cm³/mol. The molecule has 0 spiro atoms. The van der Waals surface area contributed by atoms with Crippen LogP contribution >= 0.6 is 35.0 Å². The van der Waals surface area contributed by atoms with Crippen molar-refractivity contribution in [1.82, 2.24) is 10.2 Å². The molecule has 0 unspecified atom stereocenters. The lowest BCUT2D eigenvalue weighted by atomic mass is 10.1. The molecule has 0 aromatic heterocycles. The van der Waals surface area contributed by atoms with Gasteiger partial charge in [-0.2, -0.15) is 0 Å². The number of nitrogens with zero attached hydrogens (tertiary/aromatic N) is 1. The first-order valence-electron chi connectivity index (χ1n) is 8.78. The molecule has 28 heavy (non-hydrogen) atoms. The van der Waals surface area contributed by atoms with Gasteiger partial charge in [0.25, 0.3) is 0 Å². The maximum atomic E-state index is 12.7. The van der Waals surface area contributed by atoms with Crippen LogP contribution < -0.4 is 5.32 Å². The number of halogens is 2. The predicted octanol–water partition coefficient (Wildman–Crippen LogP) is 4.02. The fourth-order valence-corrected chi connectivity index (χ4v) is 5.21. The Morgan fingerprint density at radius 3 is 2.68 bits per heavy atom. The SMILES string of the molecule is CC(=O)N1[C@@H](C(=O)NCCc2ccc(Cl)cc2Cl)CS[C@@H]1c1ccccc1O. The number of rotatable bonds is 5. The number of phenols is 1. The van der Waals surface area contributed by atoms with E-state index in [0.29, 0.717) is 34.3 Å². The van der Waals surface area contributed by atoms with Gasteiger partial charge in [0, 0.05) is 34.8 Å². The van der Waals surface area contributed by atoms with Crippen molar-refractivity contribution in [2.75, 3.05) is 12.3 Å². The summed E-state index contributed by atoms with van der Waals surface area (Å²) in [5.74, 6) is 0.154. The number of benzene rings is 2. The zero-order chi connectivity index (χ0) is 20.3. The van der Waals surface area contributed by atoms with Crippen molar-refractivity contribution in [2.24, 2.45) is 0 Å². The van der Waals surface area contributed by atoms with Crippen molar-refractivity contribution < 1.29 is 14.7 Å². The summed E-state index contributed by atoms with van der Waals surface area (Å²) in [6.07, 6.45) is 0.560. The van der Waals surface area contributed by atoms with E-state index in [2.05, 4.69) is 5.32 Å². The van der Waals surface area contributed by atoms with Crippen molar-refractivity contribution in [3.8, 4) is 5.75 Å². The van der Waals surface area contributed by atoms with Crippen LogP contribution in [0.25, 0.3) is 0 Å². The number of phenolic OH excluding ortho intramolecular Hbond substituents is 1. The molecule has 1 heterocycles. The van der Waals surface area contributed by atoms with Gasteiger partial charge in [0.1, 0.15) is 17.2 Å². The van der Waals surface area contributed by atoms with Crippen LogP contribution in [0.15, 0.2) is 42.5 Å². The summed E-state index contributed by atoms with van der Waals surface area (Å²) >= 11 is 13.5. The molecule has 0 aliphatic carbocycles. The van der Waals surface area contributed by atoms with Gasteiger partial charge in [0.15, 0.2) is 0 Å². The highest BCUT2D eigenvalue weighted by Gasteiger charge is 2.41. The summed E-state index contributed by atoms with van der Waals surface area (Å²) < 4.78 is 0. The minimum absolute atomic E-state index is 0.115. The highest BCUT2D eigenvalue weighted by Crippen LogP contribution is 2.44. The first kappa shape index (κ1) is 20.8. The van der Waals surface area contributed by atoms with E-state index in [-0.39, 0.29) is 22.9 Å². The Hall–Kier alpha value is -1.89. The molecule has 1 fully saturated rings. The molecule has 0 radical (unpaired) electrons. The summed E-state index contributed by atoms with van der Waals surface area (Å²) in [5, 5.41) is 13.8. The Balaban J connectivity index is 1.66. The average Bonchev–Trinajstić information content (AvgIpc) is 3.09. The number of aromatic hydroxyl groups is 1. The molecule has 2 aromatic carbocycles. The lowest BCUT2D eigenvalue weighted by molar-refractivity contribution is -0.138. The third-order valence-corrected chi connectivity index (χ3v) is 6.47. The number of thioether (sulfide) groups is 1. The maximum Gasteiger partial charge on any atom is 0.243 e. The van der Waals surface area contributed by atoms with Crippen LogP contribution in [0.2, 0.25) is 10.0 Å². The van der Waals surface area contributed by atoms with Gasteiger partial charge in [0.2, 0.25) is 11.8 Å². The summed E-state index contributed by atoms with van der Waals surface area (Å²) in [5.41, 5.74) is 1.52. The van der Waals surface area contributed by atoms with Gasteiger partial charge in [0.05, 0.1) is 0 Å². The Morgan fingerprint density at radius 2 is 2.00 bits per heavy atom. The third kappa shape index (κ3) is 4.57. The molecule has 1 aliphatic heterocycles. The highest BCUT2D eigenvalue weighted by molar-refractivity contribution is 7.99. The van der Waals surface area contributed by atoms with E-state index >= 15 is 0 Å². The van der Waals surface area contributed by atoms with Crippen molar-refractivity contribution >= 4 is 46.8 Å². The average molecular weight is 439 g/mol. The number of carbonyl (C=O) groups is 2. The van der Waals surface area contributed by atoms with Crippen molar-refractivity contribution in [2.45, 2.75) is 24.8 Å². The van der Waals surface area contributed by atoms with Crippen LogP contribution in [-0.4, -0.2) is 40.2 Å². The zero-order valence-electron chi connectivity index (χ0n) is 15.2. The molecule has 8 heteroatoms. The normalized spacial score (nSPS) is 18.9. The molecule has 2 atom stereocenters. The lowest BCUT2D eigenvalue weighted by Gasteiger charge is -2.28. The second-order valence-corrected chi connectivity index (χ2v) is 8.42. The van der Waals surface area contributed by atoms with Gasteiger partial charge in [-0.3, -0.25) is 9.59 Å². The standard InChI is InChI=1S/C20H20Cl2N2O3S/c1-12(25)24-17(11-28-20(24)15-4-2-3-5-18(15)26)19(27)23-9-8-13-6-7-14(21)10-16(13)22/h2-7,10,17,20,26H,8-9,11H2,1H3,(H,23,27)/t17-,20-/m1/s1. The Kier molecular flexibility index (Phi) is 6.75. The van der Waals surface area contributed by atoms with Crippen LogP contribution in [0.5, 0.6) is 5.75 Å². The van der Waals surface area contributed by atoms with Crippen LogP contribution in [0.1, 0.15) is 23.4 Å². The topological polar surface area (TPSA) is 69.6 Å². The fourth-order valence-electron chi connectivity index (χ4n) is 3.19. The monoisotopic (exact) mass is 438 g/mol. The van der Waals surface area contributed by atoms with E-state index < -0.39 is 6.04 Å². The van der Waals surface area contributed by atoms with Gasteiger partial charge in [-0.25, -0.2) is 0 Å². The number of amides is 2. The second kappa shape index (κ2) is 9.07. The van der Waals surface area contributed by atoms with Crippen molar-refractivity contribution in [3.05, 3.63) is 63.6 Å². The fraction of sp³-hybridized carbons (Fsp3) is 0.300. The van der Waals surface area contributed by atoms with Crippen LogP contribution in [0.4, 0.5) is 0 Å². The number of hydrogen-bond acceptors (Lipinski definition) is 4. The van der Waals surface area contributed by atoms with Crippen LogP contribution in [0.3, 0.4) is 0 Å². The van der Waals surface area contributed by atoms with Crippen molar-refractivity contribution in [1.29, 1.82) is 0 Å². The van der Waals surface area contributed by atoms with E-state index in [1.807, 2.05) is 6.07 Å². The Labute approximate surface area is 178 Å². The third-order valence-electron chi connectivity index (χ3n) is 4.58. The van der Waals surface area contributed by atoms with Gasteiger partial charge >= 0.3 is 0 Å². The Morgan fingerprint density at radius 1 is 1.25 bits per heavy atom. The summed E-state index contributed by atoms with van der Waals surface area (Å²) in [7, 11) is 0. The zero-order valence-corrected chi connectivity index (χ0v) is 17.5. The number of carbonyl (C=O) groups excluding carboxylic acids is 2. The van der Waals surface area contributed by atoms with E-state index in [1.54, 1.807) is 36.4 Å². The van der Waals surface area contributed by atoms with E-state index in [1.165, 1.54) is 23.6 Å². The molecular weight excluding hydrogens is 419 g/mol. The molecule has 1 aliphatic rings. The van der Waals surface area contributed by atoms with Crippen LogP contribution in [0, 0.1) is 0 Å². The molecule has 0 saturated carbocycles. The quantitative estimate of drug-likeness (QED) is 0.739. The van der Waals surface area contributed by atoms with Gasteiger partial charge in [-0.15, -0.1) is 11.8 Å². The summed E-state index contributed by atoms with van der Waals surface area (Å²) in [6.45, 7) is 1.83. The van der Waals surface area contributed by atoms with Gasteiger partial charge in [-0.1, -0.05) is 47.5 Å². The first-order chi connectivity index (χ1) is 13.4. The molecule has 2 amide bonds.